The van der Waals surface area contributed by atoms with Gasteiger partial charge in [0.25, 0.3) is 0 Å². The molecule has 0 unspecified atom stereocenters. The molecule has 262 valence electrons. The van der Waals surface area contributed by atoms with Crippen LogP contribution in [0.1, 0.15) is 0 Å². The van der Waals surface area contributed by atoms with Gasteiger partial charge >= 0.3 is 0 Å². The molecule has 8 aromatic carbocycles. The Morgan fingerprint density at radius 1 is 0.357 bits per heavy atom. The molecule has 0 atom stereocenters. The van der Waals surface area contributed by atoms with Crippen LogP contribution in [0.25, 0.3) is 93.3 Å². The van der Waals surface area contributed by atoms with Crippen molar-refractivity contribution in [1.82, 2.24) is 4.40 Å². The number of para-hydroxylation sites is 2. The van der Waals surface area contributed by atoms with E-state index in [4.69, 9.17) is 8.83 Å². The van der Waals surface area contributed by atoms with Crippen molar-refractivity contribution in [1.29, 1.82) is 0 Å². The zero-order chi connectivity index (χ0) is 36.7. The fourth-order valence-corrected chi connectivity index (χ4v) is 8.79. The van der Waals surface area contributed by atoms with E-state index in [1.165, 1.54) is 43.9 Å². The molecule has 56 heavy (non-hydrogen) atoms. The summed E-state index contributed by atoms with van der Waals surface area (Å²) in [7, 11) is 0. The molecule has 4 aromatic heterocycles. The summed E-state index contributed by atoms with van der Waals surface area (Å²) in [6.45, 7) is 0. The van der Waals surface area contributed by atoms with Crippen LogP contribution in [0.4, 0.5) is 17.1 Å². The first-order valence-electron chi connectivity index (χ1n) is 19.0. The normalized spacial score (nSPS) is 11.9. The molecular weight excluding hydrogens is 685 g/mol. The predicted octanol–water partition coefficient (Wildman–Crippen LogP) is 14.8. The van der Waals surface area contributed by atoms with Crippen LogP contribution < -0.4 is 4.90 Å². The minimum Gasteiger partial charge on any atom is -0.456 e. The Balaban J connectivity index is 1.01. The van der Waals surface area contributed by atoms with Gasteiger partial charge in [0.1, 0.15) is 22.3 Å². The smallest absolute Gasteiger partial charge is 0.137 e. The summed E-state index contributed by atoms with van der Waals surface area (Å²) < 4.78 is 15.1. The van der Waals surface area contributed by atoms with Crippen LogP contribution in [0, 0.1) is 0 Å². The lowest BCUT2D eigenvalue weighted by molar-refractivity contribution is 0.669. The number of benzene rings is 8. The van der Waals surface area contributed by atoms with Crippen LogP contribution in [0.2, 0.25) is 0 Å². The maximum Gasteiger partial charge on any atom is 0.137 e. The van der Waals surface area contributed by atoms with Crippen LogP contribution in [0.15, 0.2) is 203 Å². The van der Waals surface area contributed by atoms with E-state index in [9.17, 15) is 0 Å². The largest absolute Gasteiger partial charge is 0.456 e. The van der Waals surface area contributed by atoms with Crippen molar-refractivity contribution in [2.75, 3.05) is 4.90 Å². The lowest BCUT2D eigenvalue weighted by Crippen LogP contribution is -2.09. The van der Waals surface area contributed by atoms with Gasteiger partial charge in [0.05, 0.1) is 11.0 Å². The quantitative estimate of drug-likeness (QED) is 0.178. The summed E-state index contributed by atoms with van der Waals surface area (Å²) >= 11 is 0. The van der Waals surface area contributed by atoms with E-state index in [1.807, 2.05) is 24.3 Å². The zero-order valence-electron chi connectivity index (χ0n) is 30.2. The van der Waals surface area contributed by atoms with Crippen LogP contribution in [-0.2, 0) is 0 Å². The molecule has 0 aliphatic heterocycles. The minimum atomic E-state index is 0.853. The van der Waals surface area contributed by atoms with Crippen LogP contribution in [-0.4, -0.2) is 4.40 Å². The van der Waals surface area contributed by atoms with Gasteiger partial charge in [0.2, 0.25) is 0 Å². The molecule has 0 saturated carbocycles. The molecule has 0 radical (unpaired) electrons. The predicted molar refractivity (Wildman–Crippen MR) is 233 cm³/mol. The third-order valence-electron chi connectivity index (χ3n) is 11.4. The summed E-state index contributed by atoms with van der Waals surface area (Å²) in [5, 5.41) is 8.17. The molecule has 0 N–H and O–H groups in total. The Morgan fingerprint density at radius 2 is 0.929 bits per heavy atom. The Morgan fingerprint density at radius 3 is 1.62 bits per heavy atom. The number of furan rings is 2. The minimum absolute atomic E-state index is 0.853. The molecule has 12 rings (SSSR count). The van der Waals surface area contributed by atoms with E-state index in [1.54, 1.807) is 0 Å². The molecule has 0 bridgehead atoms. The van der Waals surface area contributed by atoms with Crippen molar-refractivity contribution < 1.29 is 8.83 Å². The van der Waals surface area contributed by atoms with Crippen LogP contribution >= 0.6 is 0 Å². The first kappa shape index (κ1) is 30.9. The number of aromatic nitrogens is 1. The highest BCUT2D eigenvalue weighted by molar-refractivity contribution is 6.19. The van der Waals surface area contributed by atoms with Crippen LogP contribution in [0.3, 0.4) is 0 Å². The molecule has 4 heteroatoms. The summed E-state index contributed by atoms with van der Waals surface area (Å²) in [5.74, 6) is 0. The van der Waals surface area contributed by atoms with Gasteiger partial charge in [-0.2, -0.15) is 0 Å². The Bertz CT molecular complexity index is 3370. The number of fused-ring (bicyclic) bond motifs is 11. The van der Waals surface area contributed by atoms with Gasteiger partial charge < -0.3 is 18.1 Å². The molecule has 0 aliphatic carbocycles. The lowest BCUT2D eigenvalue weighted by Gasteiger charge is -2.25. The van der Waals surface area contributed by atoms with Gasteiger partial charge in [0.15, 0.2) is 0 Å². The number of hydrogen-bond donors (Lipinski definition) is 0. The maximum absolute atomic E-state index is 6.38. The number of pyridine rings is 1. The van der Waals surface area contributed by atoms with E-state index >= 15 is 0 Å². The fourth-order valence-electron chi connectivity index (χ4n) is 8.79. The highest BCUT2D eigenvalue weighted by atomic mass is 16.3. The Kier molecular flexibility index (Phi) is 6.60. The van der Waals surface area contributed by atoms with Crippen LogP contribution in [0.5, 0.6) is 0 Å². The van der Waals surface area contributed by atoms with Gasteiger partial charge in [-0.15, -0.1) is 0 Å². The molecule has 0 amide bonds. The SMILES string of the molecule is c1ccc(-c2c3c4cc(-c5ccc(N(c6ccc7c(c6)oc6ccccc67)c6ccc7c(c6)oc6ccccc67)cc5)ccc4ccc3n3ccccc23)cc1. The van der Waals surface area contributed by atoms with Gasteiger partial charge in [-0.1, -0.05) is 103 Å². The summed E-state index contributed by atoms with van der Waals surface area (Å²) in [5.41, 5.74) is 13.7. The van der Waals surface area contributed by atoms with Crippen molar-refractivity contribution in [3.63, 3.8) is 0 Å². The fraction of sp³-hybridized carbons (Fsp3) is 0. The molecule has 4 heterocycles. The number of nitrogens with zero attached hydrogens (tertiary/aromatic N) is 2. The van der Waals surface area contributed by atoms with Gasteiger partial charge in [-0.3, -0.25) is 0 Å². The number of hydrogen-bond acceptors (Lipinski definition) is 3. The average Bonchev–Trinajstić information content (AvgIpc) is 3.93. The molecule has 0 aliphatic rings. The van der Waals surface area contributed by atoms with Crippen molar-refractivity contribution in [2.45, 2.75) is 0 Å². The molecule has 0 fully saturated rings. The summed E-state index contributed by atoms with van der Waals surface area (Å²) in [4.78, 5) is 2.28. The topological polar surface area (TPSA) is 33.9 Å². The van der Waals surface area contributed by atoms with Gasteiger partial charge in [0, 0.05) is 67.9 Å². The lowest BCUT2D eigenvalue weighted by atomic mass is 9.95. The first-order chi connectivity index (χ1) is 27.7. The van der Waals surface area contributed by atoms with Gasteiger partial charge in [-0.05, 0) is 100 Å². The van der Waals surface area contributed by atoms with E-state index in [0.29, 0.717) is 0 Å². The van der Waals surface area contributed by atoms with Crippen molar-refractivity contribution in [3.05, 3.63) is 194 Å². The van der Waals surface area contributed by atoms with E-state index in [2.05, 4.69) is 179 Å². The Hall–Kier alpha value is -7.56. The van der Waals surface area contributed by atoms with Crippen molar-refractivity contribution in [3.8, 4) is 22.3 Å². The molecule has 0 saturated heterocycles. The molecular formula is C52H32N2O2. The second-order valence-electron chi connectivity index (χ2n) is 14.5. The number of anilines is 3. The third kappa shape index (κ3) is 4.66. The highest BCUT2D eigenvalue weighted by Crippen LogP contribution is 2.43. The average molecular weight is 717 g/mol. The molecule has 0 spiro atoms. The summed E-state index contributed by atoms with van der Waals surface area (Å²) in [6.07, 6.45) is 2.17. The second kappa shape index (κ2) is 12.0. The first-order valence-corrected chi connectivity index (χ1v) is 19.0. The highest BCUT2D eigenvalue weighted by Gasteiger charge is 2.19. The van der Waals surface area contributed by atoms with Gasteiger partial charge in [-0.25, -0.2) is 0 Å². The third-order valence-corrected chi connectivity index (χ3v) is 11.4. The number of rotatable bonds is 5. The molecule has 4 nitrogen and oxygen atoms in total. The molecule has 12 aromatic rings. The zero-order valence-corrected chi connectivity index (χ0v) is 30.2. The van der Waals surface area contributed by atoms with Crippen molar-refractivity contribution in [2.24, 2.45) is 0 Å². The van der Waals surface area contributed by atoms with Crippen molar-refractivity contribution >= 4 is 88.1 Å². The van der Waals surface area contributed by atoms with E-state index in [-0.39, 0.29) is 0 Å². The Labute approximate surface area is 321 Å². The van der Waals surface area contributed by atoms with E-state index < -0.39 is 0 Å². The second-order valence-corrected chi connectivity index (χ2v) is 14.5. The monoisotopic (exact) mass is 716 g/mol. The standard InChI is InChI=1S/C52H32N2O2/c1-2-10-35(11-3-1)51-45-14-8-9-29-53(45)46-28-21-34-17-18-36(30-44(34)52(46)51)33-19-22-37(23-20-33)54(38-24-26-42-40-12-4-6-15-47(40)55-49(42)31-38)39-25-27-43-41-13-5-7-16-48(41)56-50(43)32-39/h1-32H. The maximum atomic E-state index is 6.38. The summed E-state index contributed by atoms with van der Waals surface area (Å²) in [6, 6.07) is 66.9. The van der Waals surface area contributed by atoms with E-state index in [0.717, 1.165) is 66.5 Å².